The van der Waals surface area contributed by atoms with Gasteiger partial charge in [0.1, 0.15) is 0 Å². The molecule has 1 aromatic rings. The normalized spacial score (nSPS) is 12.3. The maximum Gasteiger partial charge on any atom is 0.279 e. The van der Waals surface area contributed by atoms with Crippen LogP contribution in [0, 0.1) is 6.92 Å². The second-order valence-electron chi connectivity index (χ2n) is 3.28. The fraction of sp³-hybridized carbons (Fsp3) is 0.364. The largest absolute Gasteiger partial charge is 0.378 e. The van der Waals surface area contributed by atoms with Gasteiger partial charge in [0.2, 0.25) is 0 Å². The third-order valence-corrected chi connectivity index (χ3v) is 2.30. The number of benzene rings is 1. The zero-order chi connectivity index (χ0) is 11.4. The molecule has 1 atom stereocenters. The Balaban J connectivity index is 2.90. The second-order valence-corrected chi connectivity index (χ2v) is 3.28. The van der Waals surface area contributed by atoms with Crippen molar-refractivity contribution in [3.63, 3.8) is 0 Å². The molecular weight excluding hydrogens is 194 g/mol. The molecule has 0 saturated carbocycles. The molecular formula is C11H15NO3. The van der Waals surface area contributed by atoms with Crippen LogP contribution in [-0.4, -0.2) is 30.2 Å². The average Bonchev–Trinajstić information content (AvgIpc) is 2.26. The van der Waals surface area contributed by atoms with Crippen molar-refractivity contribution < 1.29 is 14.7 Å². The lowest BCUT2D eigenvalue weighted by Crippen LogP contribution is -2.31. The lowest BCUT2D eigenvalue weighted by Gasteiger charge is -2.19. The van der Waals surface area contributed by atoms with Gasteiger partial charge in [0.15, 0.2) is 6.10 Å². The summed E-state index contributed by atoms with van der Waals surface area (Å²) in [5.41, 5.74) is 1.48. The molecule has 0 aromatic heterocycles. The van der Waals surface area contributed by atoms with Crippen LogP contribution < -0.4 is 0 Å². The molecule has 0 aliphatic rings. The van der Waals surface area contributed by atoms with Gasteiger partial charge in [-0.15, -0.1) is 0 Å². The van der Waals surface area contributed by atoms with E-state index in [1.54, 1.807) is 12.1 Å². The van der Waals surface area contributed by atoms with E-state index in [1.165, 1.54) is 14.2 Å². The second kappa shape index (κ2) is 4.91. The van der Waals surface area contributed by atoms with Crippen LogP contribution in [0.3, 0.4) is 0 Å². The number of hydroxylamine groups is 2. The first-order chi connectivity index (χ1) is 7.07. The van der Waals surface area contributed by atoms with E-state index in [2.05, 4.69) is 0 Å². The van der Waals surface area contributed by atoms with Crippen LogP contribution >= 0.6 is 0 Å². The van der Waals surface area contributed by atoms with Crippen molar-refractivity contribution in [1.82, 2.24) is 5.06 Å². The highest BCUT2D eigenvalue weighted by Gasteiger charge is 2.22. The summed E-state index contributed by atoms with van der Waals surface area (Å²) in [5, 5.41) is 10.8. The molecule has 82 valence electrons. The Morgan fingerprint density at radius 3 is 2.60 bits per heavy atom. The monoisotopic (exact) mass is 209 g/mol. The fourth-order valence-electron chi connectivity index (χ4n) is 1.29. The summed E-state index contributed by atoms with van der Waals surface area (Å²) in [7, 11) is 2.84. The Kier molecular flexibility index (Phi) is 3.82. The average molecular weight is 209 g/mol. The van der Waals surface area contributed by atoms with Crippen LogP contribution in [0.2, 0.25) is 0 Å². The first kappa shape index (κ1) is 11.7. The third kappa shape index (κ3) is 2.55. The van der Waals surface area contributed by atoms with Crippen molar-refractivity contribution in [3.05, 3.63) is 35.4 Å². The summed E-state index contributed by atoms with van der Waals surface area (Å²) < 4.78 is 0. The molecule has 0 bridgehead atoms. The number of aryl methyl sites for hydroxylation is 1. The SMILES string of the molecule is CON(C)C(=O)C(O)c1ccccc1C. The number of aliphatic hydroxyl groups is 1. The third-order valence-electron chi connectivity index (χ3n) is 2.30. The minimum Gasteiger partial charge on any atom is -0.378 e. The van der Waals surface area contributed by atoms with Crippen molar-refractivity contribution >= 4 is 5.91 Å². The molecule has 1 aromatic carbocycles. The van der Waals surface area contributed by atoms with Crippen LogP contribution in [0.4, 0.5) is 0 Å². The van der Waals surface area contributed by atoms with Gasteiger partial charge in [0.05, 0.1) is 7.11 Å². The summed E-state index contributed by atoms with van der Waals surface area (Å²) in [6.07, 6.45) is -1.17. The number of hydrogen-bond acceptors (Lipinski definition) is 3. The minimum atomic E-state index is -1.17. The number of nitrogens with zero attached hydrogens (tertiary/aromatic N) is 1. The van der Waals surface area contributed by atoms with Crippen molar-refractivity contribution in [2.75, 3.05) is 14.2 Å². The van der Waals surface area contributed by atoms with E-state index < -0.39 is 12.0 Å². The van der Waals surface area contributed by atoms with Gasteiger partial charge < -0.3 is 5.11 Å². The fourth-order valence-corrected chi connectivity index (χ4v) is 1.29. The molecule has 0 heterocycles. The summed E-state index contributed by atoms with van der Waals surface area (Å²) >= 11 is 0. The van der Waals surface area contributed by atoms with Gasteiger partial charge in [-0.3, -0.25) is 9.63 Å². The molecule has 4 heteroatoms. The number of aliphatic hydroxyl groups excluding tert-OH is 1. The summed E-state index contributed by atoms with van der Waals surface area (Å²) in [6, 6.07) is 7.21. The van der Waals surface area contributed by atoms with Crippen LogP contribution in [-0.2, 0) is 9.63 Å². The topological polar surface area (TPSA) is 49.8 Å². The molecule has 1 unspecified atom stereocenters. The van der Waals surface area contributed by atoms with Crippen LogP contribution in [0.15, 0.2) is 24.3 Å². The van der Waals surface area contributed by atoms with Crippen LogP contribution in [0.25, 0.3) is 0 Å². The Morgan fingerprint density at radius 2 is 2.07 bits per heavy atom. The molecule has 1 rings (SSSR count). The first-order valence-corrected chi connectivity index (χ1v) is 4.63. The van der Waals surface area contributed by atoms with Gasteiger partial charge in [-0.1, -0.05) is 24.3 Å². The number of hydrogen-bond donors (Lipinski definition) is 1. The Morgan fingerprint density at radius 1 is 1.47 bits per heavy atom. The van der Waals surface area contributed by atoms with Crippen molar-refractivity contribution in [1.29, 1.82) is 0 Å². The van der Waals surface area contributed by atoms with Crippen molar-refractivity contribution in [3.8, 4) is 0 Å². The van der Waals surface area contributed by atoms with Crippen LogP contribution in [0.5, 0.6) is 0 Å². The number of likely N-dealkylation sites (N-methyl/N-ethyl adjacent to an activating group) is 1. The van der Waals surface area contributed by atoms with Crippen LogP contribution in [0.1, 0.15) is 17.2 Å². The Labute approximate surface area is 89.0 Å². The zero-order valence-electron chi connectivity index (χ0n) is 9.10. The summed E-state index contributed by atoms with van der Waals surface area (Å²) in [5.74, 6) is -0.480. The lowest BCUT2D eigenvalue weighted by molar-refractivity contribution is -0.178. The van der Waals surface area contributed by atoms with Crippen molar-refractivity contribution in [2.45, 2.75) is 13.0 Å². The van der Waals surface area contributed by atoms with Gasteiger partial charge in [-0.25, -0.2) is 5.06 Å². The molecule has 0 saturated heterocycles. The predicted molar refractivity (Wildman–Crippen MR) is 55.9 cm³/mol. The van der Waals surface area contributed by atoms with Gasteiger partial charge in [-0.05, 0) is 18.1 Å². The quantitative estimate of drug-likeness (QED) is 0.757. The molecule has 0 radical (unpaired) electrons. The molecule has 1 amide bonds. The maximum atomic E-state index is 11.6. The molecule has 0 fully saturated rings. The standard InChI is InChI=1S/C11H15NO3/c1-8-6-4-5-7-9(8)10(13)11(14)12(2)15-3/h4-7,10,13H,1-3H3. The number of carbonyl (C=O) groups excluding carboxylic acids is 1. The van der Waals surface area contributed by atoms with Gasteiger partial charge in [0, 0.05) is 7.05 Å². The highest BCUT2D eigenvalue weighted by atomic mass is 16.7. The Bertz CT molecular complexity index is 351. The summed E-state index contributed by atoms with van der Waals surface area (Å²) in [4.78, 5) is 16.3. The molecule has 1 N–H and O–H groups in total. The molecule has 0 aliphatic heterocycles. The lowest BCUT2D eigenvalue weighted by atomic mass is 10.0. The highest BCUT2D eigenvalue weighted by molar-refractivity contribution is 5.81. The van der Waals surface area contributed by atoms with E-state index in [1.807, 2.05) is 19.1 Å². The molecule has 0 spiro atoms. The maximum absolute atomic E-state index is 11.6. The first-order valence-electron chi connectivity index (χ1n) is 4.63. The summed E-state index contributed by atoms with van der Waals surface area (Å²) in [6.45, 7) is 1.85. The van der Waals surface area contributed by atoms with Gasteiger partial charge in [0.25, 0.3) is 5.91 Å². The molecule has 0 aliphatic carbocycles. The zero-order valence-corrected chi connectivity index (χ0v) is 9.10. The Hall–Kier alpha value is -1.39. The van der Waals surface area contributed by atoms with E-state index in [0.717, 1.165) is 10.6 Å². The predicted octanol–water partition coefficient (Wildman–Crippen LogP) is 1.05. The smallest absolute Gasteiger partial charge is 0.279 e. The molecule has 15 heavy (non-hydrogen) atoms. The molecule has 4 nitrogen and oxygen atoms in total. The minimum absolute atomic E-state index is 0.480. The highest BCUT2D eigenvalue weighted by Crippen LogP contribution is 2.18. The number of carbonyl (C=O) groups is 1. The van der Waals surface area contributed by atoms with E-state index in [9.17, 15) is 9.90 Å². The van der Waals surface area contributed by atoms with E-state index in [0.29, 0.717) is 5.56 Å². The van der Waals surface area contributed by atoms with Crippen molar-refractivity contribution in [2.24, 2.45) is 0 Å². The van der Waals surface area contributed by atoms with Gasteiger partial charge >= 0.3 is 0 Å². The van der Waals surface area contributed by atoms with E-state index in [-0.39, 0.29) is 0 Å². The van der Waals surface area contributed by atoms with E-state index >= 15 is 0 Å². The number of amides is 1. The number of rotatable bonds is 3. The van der Waals surface area contributed by atoms with Gasteiger partial charge in [-0.2, -0.15) is 0 Å². The van der Waals surface area contributed by atoms with E-state index in [4.69, 9.17) is 4.84 Å².